The van der Waals surface area contributed by atoms with Gasteiger partial charge in [0.25, 0.3) is 0 Å². The fourth-order valence-electron chi connectivity index (χ4n) is 2.32. The van der Waals surface area contributed by atoms with Gasteiger partial charge in [0.1, 0.15) is 5.82 Å². The molecule has 1 amide bonds. The molecule has 0 aromatic heterocycles. The molecule has 0 saturated heterocycles. The van der Waals surface area contributed by atoms with Gasteiger partial charge in [-0.1, -0.05) is 55.5 Å². The van der Waals surface area contributed by atoms with Crippen molar-refractivity contribution < 1.29 is 14.3 Å². The lowest BCUT2D eigenvalue weighted by Gasteiger charge is -2.15. The van der Waals surface area contributed by atoms with Gasteiger partial charge in [-0.25, -0.2) is 4.39 Å². The van der Waals surface area contributed by atoms with Gasteiger partial charge in [0.2, 0.25) is 5.91 Å². The first-order chi connectivity index (χ1) is 10.6. The van der Waals surface area contributed by atoms with Crippen LogP contribution in [-0.4, -0.2) is 17.6 Å². The molecule has 2 rings (SSSR count). The molecule has 0 saturated carbocycles. The second-order valence-electron chi connectivity index (χ2n) is 5.36. The molecule has 4 heteroatoms. The van der Waals surface area contributed by atoms with Gasteiger partial charge in [-0.3, -0.25) is 4.79 Å². The summed E-state index contributed by atoms with van der Waals surface area (Å²) < 4.78 is 13.5. The number of aliphatic hydroxyl groups is 1. The second-order valence-corrected chi connectivity index (χ2v) is 5.36. The Labute approximate surface area is 129 Å². The fraction of sp³-hybridized carbons (Fsp3) is 0.278. The lowest BCUT2D eigenvalue weighted by atomic mass is 9.97. The van der Waals surface area contributed by atoms with Gasteiger partial charge in [-0.15, -0.1) is 0 Å². The zero-order valence-corrected chi connectivity index (χ0v) is 12.5. The predicted octanol–water partition coefficient (Wildman–Crippen LogP) is 3.17. The molecule has 0 aliphatic carbocycles. The number of benzene rings is 2. The van der Waals surface area contributed by atoms with Gasteiger partial charge in [0.05, 0.1) is 6.10 Å². The smallest absolute Gasteiger partial charge is 0.220 e. The van der Waals surface area contributed by atoms with Crippen LogP contribution in [0.5, 0.6) is 0 Å². The molecule has 2 aromatic rings. The van der Waals surface area contributed by atoms with E-state index in [2.05, 4.69) is 5.32 Å². The van der Waals surface area contributed by atoms with E-state index in [4.69, 9.17) is 0 Å². The molecule has 0 fully saturated rings. The molecule has 0 aliphatic heterocycles. The Kier molecular flexibility index (Phi) is 5.67. The van der Waals surface area contributed by atoms with Crippen molar-refractivity contribution >= 4 is 5.91 Å². The van der Waals surface area contributed by atoms with E-state index < -0.39 is 11.9 Å². The maximum Gasteiger partial charge on any atom is 0.220 e. The van der Waals surface area contributed by atoms with Gasteiger partial charge < -0.3 is 10.4 Å². The summed E-state index contributed by atoms with van der Waals surface area (Å²) >= 11 is 0. The maximum absolute atomic E-state index is 13.5. The van der Waals surface area contributed by atoms with Crippen molar-refractivity contribution in [2.75, 3.05) is 6.54 Å². The van der Waals surface area contributed by atoms with Crippen LogP contribution in [0.1, 0.15) is 36.5 Å². The molecule has 2 unspecified atom stereocenters. The molecule has 2 atom stereocenters. The number of rotatable bonds is 6. The summed E-state index contributed by atoms with van der Waals surface area (Å²) in [5.74, 6) is -0.541. The van der Waals surface area contributed by atoms with Crippen LogP contribution < -0.4 is 5.32 Å². The van der Waals surface area contributed by atoms with E-state index in [1.54, 1.807) is 12.1 Å². The van der Waals surface area contributed by atoms with Crippen molar-refractivity contribution in [1.29, 1.82) is 0 Å². The Hall–Kier alpha value is -2.20. The van der Waals surface area contributed by atoms with Crippen molar-refractivity contribution in [3.8, 4) is 0 Å². The molecule has 0 spiro atoms. The highest BCUT2D eigenvalue weighted by Crippen LogP contribution is 2.19. The highest BCUT2D eigenvalue weighted by molar-refractivity contribution is 5.76. The van der Waals surface area contributed by atoms with Crippen molar-refractivity contribution in [3.63, 3.8) is 0 Å². The lowest BCUT2D eigenvalue weighted by Crippen LogP contribution is -2.29. The van der Waals surface area contributed by atoms with Crippen LogP contribution in [0, 0.1) is 5.82 Å². The van der Waals surface area contributed by atoms with E-state index in [-0.39, 0.29) is 23.9 Å². The molecule has 2 N–H and O–H groups in total. The van der Waals surface area contributed by atoms with E-state index in [0.29, 0.717) is 6.42 Å². The van der Waals surface area contributed by atoms with E-state index in [1.165, 1.54) is 12.1 Å². The molecule has 0 bridgehead atoms. The summed E-state index contributed by atoms with van der Waals surface area (Å²) in [6, 6.07) is 15.8. The van der Waals surface area contributed by atoms with Crippen LogP contribution in [0.3, 0.4) is 0 Å². The number of hydrogen-bond acceptors (Lipinski definition) is 2. The van der Waals surface area contributed by atoms with Gasteiger partial charge in [0, 0.05) is 18.5 Å². The van der Waals surface area contributed by atoms with E-state index >= 15 is 0 Å². The second kappa shape index (κ2) is 7.71. The summed E-state index contributed by atoms with van der Waals surface area (Å²) in [5, 5.41) is 12.6. The van der Waals surface area contributed by atoms with Crippen LogP contribution in [0.15, 0.2) is 54.6 Å². The van der Waals surface area contributed by atoms with Crippen molar-refractivity contribution in [2.45, 2.75) is 25.4 Å². The Morgan fingerprint density at radius 2 is 1.77 bits per heavy atom. The van der Waals surface area contributed by atoms with E-state index in [1.807, 2.05) is 37.3 Å². The third-order valence-corrected chi connectivity index (χ3v) is 3.62. The minimum Gasteiger partial charge on any atom is -0.386 e. The lowest BCUT2D eigenvalue weighted by molar-refractivity contribution is -0.121. The van der Waals surface area contributed by atoms with Gasteiger partial charge in [-0.2, -0.15) is 0 Å². The summed E-state index contributed by atoms with van der Waals surface area (Å²) in [6.07, 6.45) is -0.717. The average molecular weight is 301 g/mol. The number of halogens is 1. The van der Waals surface area contributed by atoms with Crippen LogP contribution in [0.4, 0.5) is 4.39 Å². The third-order valence-electron chi connectivity index (χ3n) is 3.62. The normalized spacial score (nSPS) is 13.4. The summed E-state index contributed by atoms with van der Waals surface area (Å²) in [4.78, 5) is 11.9. The quantitative estimate of drug-likeness (QED) is 0.861. The fourth-order valence-corrected chi connectivity index (χ4v) is 2.32. The van der Waals surface area contributed by atoms with Gasteiger partial charge in [0.15, 0.2) is 0 Å². The zero-order chi connectivity index (χ0) is 15.9. The highest BCUT2D eigenvalue weighted by atomic mass is 19.1. The van der Waals surface area contributed by atoms with Crippen molar-refractivity contribution in [1.82, 2.24) is 5.32 Å². The van der Waals surface area contributed by atoms with Crippen molar-refractivity contribution in [2.24, 2.45) is 0 Å². The minimum atomic E-state index is -1.04. The molecule has 2 aromatic carbocycles. The molecular formula is C18H20FNO2. The van der Waals surface area contributed by atoms with Crippen LogP contribution in [-0.2, 0) is 4.79 Å². The highest BCUT2D eigenvalue weighted by Gasteiger charge is 2.15. The Balaban J connectivity index is 1.84. The number of nitrogens with one attached hydrogen (secondary N) is 1. The SMILES string of the molecule is CC(CC(=O)NCC(O)c1ccccc1F)c1ccccc1. The zero-order valence-electron chi connectivity index (χ0n) is 12.5. The molecule has 22 heavy (non-hydrogen) atoms. The third kappa shape index (κ3) is 4.40. The first kappa shape index (κ1) is 16.2. The summed E-state index contributed by atoms with van der Waals surface area (Å²) in [7, 11) is 0. The Morgan fingerprint density at radius 1 is 1.14 bits per heavy atom. The average Bonchev–Trinajstić information content (AvgIpc) is 2.54. The maximum atomic E-state index is 13.5. The van der Waals surface area contributed by atoms with Crippen LogP contribution >= 0.6 is 0 Å². The number of amides is 1. The molecule has 0 aliphatic rings. The summed E-state index contributed by atoms with van der Waals surface area (Å²) in [6.45, 7) is 1.98. The minimum absolute atomic E-state index is 0.00127. The van der Waals surface area contributed by atoms with E-state index in [0.717, 1.165) is 5.56 Å². The first-order valence-electron chi connectivity index (χ1n) is 7.32. The number of carbonyl (C=O) groups is 1. The molecule has 0 heterocycles. The Morgan fingerprint density at radius 3 is 2.45 bits per heavy atom. The standard InChI is InChI=1S/C18H20FNO2/c1-13(14-7-3-2-4-8-14)11-18(22)20-12-17(21)15-9-5-6-10-16(15)19/h2-10,13,17,21H,11-12H2,1H3,(H,20,22). The largest absolute Gasteiger partial charge is 0.386 e. The topological polar surface area (TPSA) is 49.3 Å². The molecule has 116 valence electrons. The van der Waals surface area contributed by atoms with Crippen LogP contribution in [0.2, 0.25) is 0 Å². The van der Waals surface area contributed by atoms with E-state index in [9.17, 15) is 14.3 Å². The van der Waals surface area contributed by atoms with Crippen molar-refractivity contribution in [3.05, 3.63) is 71.5 Å². The number of carbonyl (C=O) groups excluding carboxylic acids is 1. The summed E-state index contributed by atoms with van der Waals surface area (Å²) in [5.41, 5.74) is 1.28. The first-order valence-corrected chi connectivity index (χ1v) is 7.32. The van der Waals surface area contributed by atoms with Gasteiger partial charge >= 0.3 is 0 Å². The number of aliphatic hydroxyl groups excluding tert-OH is 1. The monoisotopic (exact) mass is 301 g/mol. The molecule has 0 radical (unpaired) electrons. The Bertz CT molecular complexity index is 615. The van der Waals surface area contributed by atoms with Crippen LogP contribution in [0.25, 0.3) is 0 Å². The van der Waals surface area contributed by atoms with Gasteiger partial charge in [-0.05, 0) is 17.5 Å². The number of hydrogen-bond donors (Lipinski definition) is 2. The predicted molar refractivity (Wildman–Crippen MR) is 83.8 cm³/mol. The molecule has 3 nitrogen and oxygen atoms in total. The molecular weight excluding hydrogens is 281 g/mol.